The fourth-order valence-corrected chi connectivity index (χ4v) is 5.85. The number of hydrogen-bond donors (Lipinski definition) is 1. The predicted molar refractivity (Wildman–Crippen MR) is 138 cm³/mol. The first-order valence-electron chi connectivity index (χ1n) is 11.3. The maximum absolute atomic E-state index is 13.0. The smallest absolute Gasteiger partial charge is 0.243 e. The number of morpholine rings is 1. The highest BCUT2D eigenvalue weighted by Gasteiger charge is 2.26. The molecular formula is C24H29N5O3S2. The van der Waals surface area contributed by atoms with Crippen molar-refractivity contribution in [2.24, 2.45) is 5.10 Å². The Morgan fingerprint density at radius 2 is 1.88 bits per heavy atom. The highest BCUT2D eigenvalue weighted by molar-refractivity contribution is 7.89. The maximum atomic E-state index is 13.0. The highest BCUT2D eigenvalue weighted by Crippen LogP contribution is 2.28. The van der Waals surface area contributed by atoms with Crippen LogP contribution in [0.3, 0.4) is 0 Å². The van der Waals surface area contributed by atoms with Gasteiger partial charge >= 0.3 is 0 Å². The topological polar surface area (TPSA) is 87.1 Å². The van der Waals surface area contributed by atoms with Gasteiger partial charge in [-0.15, -0.1) is 11.3 Å². The zero-order valence-corrected chi connectivity index (χ0v) is 21.0. The third-order valence-corrected chi connectivity index (χ3v) is 8.28. The van der Waals surface area contributed by atoms with Crippen molar-refractivity contribution in [3.63, 3.8) is 0 Å². The summed E-state index contributed by atoms with van der Waals surface area (Å²) in [6.45, 7) is 7.80. The van der Waals surface area contributed by atoms with Crippen molar-refractivity contribution in [3.8, 4) is 11.3 Å². The molecule has 0 saturated carbocycles. The van der Waals surface area contributed by atoms with Crippen LogP contribution in [0, 0.1) is 0 Å². The lowest BCUT2D eigenvalue weighted by molar-refractivity contribution is 0.0730. The van der Waals surface area contributed by atoms with Crippen LogP contribution in [-0.2, 0) is 14.8 Å². The number of benzene rings is 2. The van der Waals surface area contributed by atoms with E-state index in [1.807, 2.05) is 23.6 Å². The van der Waals surface area contributed by atoms with Crippen molar-refractivity contribution in [3.05, 3.63) is 59.5 Å². The number of ether oxygens (including phenoxy) is 1. The molecular weight excluding hydrogens is 470 g/mol. The minimum absolute atomic E-state index is 0.264. The molecule has 0 aliphatic carbocycles. The van der Waals surface area contributed by atoms with Gasteiger partial charge in [-0.2, -0.15) is 9.41 Å². The summed E-state index contributed by atoms with van der Waals surface area (Å²) >= 11 is 1.41. The summed E-state index contributed by atoms with van der Waals surface area (Å²) < 4.78 is 32.7. The summed E-state index contributed by atoms with van der Waals surface area (Å²) in [5, 5.41) is 6.81. The lowest BCUT2D eigenvalue weighted by Crippen LogP contribution is -2.40. The first kappa shape index (κ1) is 24.3. The van der Waals surface area contributed by atoms with Gasteiger partial charge < -0.3 is 9.64 Å². The Labute approximate surface area is 204 Å². The van der Waals surface area contributed by atoms with Crippen molar-refractivity contribution in [1.82, 2.24) is 9.29 Å². The Bertz CT molecular complexity index is 1220. The van der Waals surface area contributed by atoms with E-state index < -0.39 is 10.0 Å². The molecule has 0 amide bonds. The molecule has 1 saturated heterocycles. The predicted octanol–water partition coefficient (Wildman–Crippen LogP) is 4.12. The van der Waals surface area contributed by atoms with E-state index in [-0.39, 0.29) is 4.90 Å². The van der Waals surface area contributed by atoms with Crippen LogP contribution < -0.4 is 10.3 Å². The number of hydrazone groups is 1. The molecule has 0 bridgehead atoms. The normalized spacial score (nSPS) is 15.0. The fourth-order valence-electron chi connectivity index (χ4n) is 3.73. The average molecular weight is 500 g/mol. The number of nitrogens with zero attached hydrogens (tertiary/aromatic N) is 4. The Morgan fingerprint density at radius 1 is 1.15 bits per heavy atom. The molecule has 1 aromatic heterocycles. The van der Waals surface area contributed by atoms with E-state index >= 15 is 0 Å². The van der Waals surface area contributed by atoms with Crippen molar-refractivity contribution in [2.45, 2.75) is 18.7 Å². The van der Waals surface area contributed by atoms with Crippen LogP contribution in [0.15, 0.2) is 63.9 Å². The zero-order chi connectivity index (χ0) is 24.0. The summed E-state index contributed by atoms with van der Waals surface area (Å²) in [6.07, 6.45) is 1.75. The minimum atomic E-state index is -3.56. The Balaban J connectivity index is 1.42. The first-order chi connectivity index (χ1) is 16.5. The number of aromatic nitrogens is 1. The second kappa shape index (κ2) is 11.1. The van der Waals surface area contributed by atoms with E-state index in [1.165, 1.54) is 21.3 Å². The van der Waals surface area contributed by atoms with Gasteiger partial charge in [0.05, 0.1) is 30.0 Å². The van der Waals surface area contributed by atoms with Crippen molar-refractivity contribution in [1.29, 1.82) is 0 Å². The van der Waals surface area contributed by atoms with Gasteiger partial charge in [0, 0.05) is 42.8 Å². The fraction of sp³-hybridized carbons (Fsp3) is 0.333. The van der Waals surface area contributed by atoms with E-state index in [1.54, 1.807) is 24.4 Å². The molecule has 8 nitrogen and oxygen atoms in total. The monoisotopic (exact) mass is 499 g/mol. The summed E-state index contributed by atoms with van der Waals surface area (Å²) in [5.41, 5.74) is 6.59. The van der Waals surface area contributed by atoms with E-state index in [2.05, 4.69) is 46.4 Å². The zero-order valence-electron chi connectivity index (χ0n) is 19.3. The second-order valence-corrected chi connectivity index (χ2v) is 10.5. The quantitative estimate of drug-likeness (QED) is 0.352. The van der Waals surface area contributed by atoms with Gasteiger partial charge in [-0.25, -0.2) is 13.4 Å². The molecule has 34 heavy (non-hydrogen) atoms. The van der Waals surface area contributed by atoms with E-state index in [0.717, 1.165) is 24.2 Å². The van der Waals surface area contributed by atoms with Crippen LogP contribution in [0.1, 0.15) is 19.4 Å². The molecule has 0 spiro atoms. The number of hydrogen-bond acceptors (Lipinski definition) is 8. The minimum Gasteiger partial charge on any atom is -0.379 e. The lowest BCUT2D eigenvalue weighted by atomic mass is 10.2. The summed E-state index contributed by atoms with van der Waals surface area (Å²) in [4.78, 5) is 7.12. The molecule has 10 heteroatoms. The number of sulfonamides is 1. The lowest BCUT2D eigenvalue weighted by Gasteiger charge is -2.26. The van der Waals surface area contributed by atoms with Crippen LogP contribution in [0.5, 0.6) is 0 Å². The number of nitrogens with one attached hydrogen (secondary N) is 1. The highest BCUT2D eigenvalue weighted by atomic mass is 32.2. The van der Waals surface area contributed by atoms with Crippen molar-refractivity contribution >= 4 is 38.4 Å². The summed E-state index contributed by atoms with van der Waals surface area (Å²) in [5.74, 6) is 0. The molecule has 2 heterocycles. The van der Waals surface area contributed by atoms with Crippen LogP contribution in [0.25, 0.3) is 11.3 Å². The average Bonchev–Trinajstić information content (AvgIpc) is 3.35. The van der Waals surface area contributed by atoms with Crippen LogP contribution in [0.2, 0.25) is 0 Å². The van der Waals surface area contributed by atoms with Gasteiger partial charge in [-0.3, -0.25) is 5.43 Å². The maximum Gasteiger partial charge on any atom is 0.243 e. The molecule has 1 aliphatic rings. The molecule has 180 valence electrons. The standard InChI is InChI=1S/C24H29N5O3S2/c1-3-28(4-2)21-10-8-19(9-11-21)17-25-27-24-26-23(18-33-24)20-6-5-7-22(16-20)34(30,31)29-12-14-32-15-13-29/h5-11,16-18H,3-4,12-15H2,1-2H3,(H,26,27). The van der Waals surface area contributed by atoms with Gasteiger partial charge in [-0.05, 0) is 43.7 Å². The van der Waals surface area contributed by atoms with Gasteiger partial charge in [0.25, 0.3) is 0 Å². The number of anilines is 2. The molecule has 1 aliphatic heterocycles. The van der Waals surface area contributed by atoms with Crippen LogP contribution in [0.4, 0.5) is 10.8 Å². The second-order valence-electron chi connectivity index (χ2n) is 7.72. The van der Waals surface area contributed by atoms with Crippen LogP contribution >= 0.6 is 11.3 Å². The molecule has 1 N–H and O–H groups in total. The molecule has 0 atom stereocenters. The van der Waals surface area contributed by atoms with Gasteiger partial charge in [-0.1, -0.05) is 24.3 Å². The SMILES string of the molecule is CCN(CC)c1ccc(C=NNc2nc(-c3cccc(S(=O)(=O)N4CCOCC4)c3)cs2)cc1. The Hall–Kier alpha value is -2.79. The third kappa shape index (κ3) is 5.64. The summed E-state index contributed by atoms with van der Waals surface area (Å²) in [7, 11) is -3.56. The Kier molecular flexibility index (Phi) is 7.94. The summed E-state index contributed by atoms with van der Waals surface area (Å²) in [6, 6.07) is 15.1. The van der Waals surface area contributed by atoms with E-state index in [0.29, 0.717) is 37.1 Å². The van der Waals surface area contributed by atoms with Gasteiger partial charge in [0.1, 0.15) is 0 Å². The van der Waals surface area contributed by atoms with Crippen molar-refractivity contribution < 1.29 is 13.2 Å². The van der Waals surface area contributed by atoms with E-state index in [9.17, 15) is 8.42 Å². The Morgan fingerprint density at radius 3 is 2.59 bits per heavy atom. The first-order valence-corrected chi connectivity index (χ1v) is 13.6. The molecule has 0 unspecified atom stereocenters. The number of thiazole rings is 1. The molecule has 2 aromatic carbocycles. The molecule has 3 aromatic rings. The molecule has 1 fully saturated rings. The van der Waals surface area contributed by atoms with Crippen molar-refractivity contribution in [2.75, 3.05) is 49.7 Å². The van der Waals surface area contributed by atoms with E-state index in [4.69, 9.17) is 4.74 Å². The van der Waals surface area contributed by atoms with Gasteiger partial charge in [0.2, 0.25) is 15.2 Å². The van der Waals surface area contributed by atoms with Gasteiger partial charge in [0.15, 0.2) is 0 Å². The number of rotatable bonds is 9. The molecule has 0 radical (unpaired) electrons. The third-order valence-electron chi connectivity index (χ3n) is 5.64. The van der Waals surface area contributed by atoms with Crippen LogP contribution in [-0.4, -0.2) is 63.3 Å². The molecule has 4 rings (SSSR count). The largest absolute Gasteiger partial charge is 0.379 e.